The second kappa shape index (κ2) is 5.39. The fourth-order valence-electron chi connectivity index (χ4n) is 2.56. The van der Waals surface area contributed by atoms with Crippen molar-refractivity contribution in [3.8, 4) is 5.75 Å². The Kier molecular flexibility index (Phi) is 3.65. The van der Waals surface area contributed by atoms with E-state index in [1.165, 1.54) is 24.3 Å². The van der Waals surface area contributed by atoms with E-state index in [4.69, 9.17) is 4.74 Å². The first-order valence-corrected chi connectivity index (χ1v) is 6.66. The van der Waals surface area contributed by atoms with Crippen LogP contribution in [0.1, 0.15) is 0 Å². The summed E-state index contributed by atoms with van der Waals surface area (Å²) < 4.78 is 69.6. The Hall–Kier alpha value is -2.32. The lowest BCUT2D eigenvalue weighted by atomic mass is 10.1. The van der Waals surface area contributed by atoms with Crippen molar-refractivity contribution < 1.29 is 26.7 Å². The molecule has 0 amide bonds. The Labute approximate surface area is 126 Å². The fraction of sp³-hybridized carbons (Fsp3) is 0.357. The van der Waals surface area contributed by atoms with Gasteiger partial charge in [0.2, 0.25) is 5.56 Å². The third-order valence-electron chi connectivity index (χ3n) is 3.56. The smallest absolute Gasteiger partial charge is 0.405 e. The highest BCUT2D eigenvalue weighted by Crippen LogP contribution is 2.39. The first-order chi connectivity index (χ1) is 10.7. The molecule has 9 heteroatoms. The number of hydrogen-bond acceptors (Lipinski definition) is 3. The first-order valence-electron chi connectivity index (χ1n) is 6.66. The fourth-order valence-corrected chi connectivity index (χ4v) is 2.56. The van der Waals surface area contributed by atoms with Gasteiger partial charge in [0.25, 0.3) is 6.43 Å². The molecule has 0 aliphatic carbocycles. The van der Waals surface area contributed by atoms with Crippen LogP contribution in [0.4, 0.5) is 27.6 Å². The molecule has 1 aromatic heterocycles. The number of benzene rings is 1. The number of nitrogens with one attached hydrogen (secondary N) is 1. The van der Waals surface area contributed by atoms with Gasteiger partial charge < -0.3 is 14.6 Å². The van der Waals surface area contributed by atoms with Crippen LogP contribution in [0.15, 0.2) is 29.1 Å². The van der Waals surface area contributed by atoms with Gasteiger partial charge in [-0.1, -0.05) is 0 Å². The van der Waals surface area contributed by atoms with Gasteiger partial charge in [0, 0.05) is 17.5 Å². The van der Waals surface area contributed by atoms with E-state index in [1.807, 2.05) is 0 Å². The summed E-state index contributed by atoms with van der Waals surface area (Å²) in [6.07, 6.45) is -7.63. The van der Waals surface area contributed by atoms with Crippen LogP contribution in [0.2, 0.25) is 0 Å². The number of halogens is 5. The number of aromatic amines is 1. The van der Waals surface area contributed by atoms with Gasteiger partial charge in [-0.05, 0) is 12.1 Å². The van der Waals surface area contributed by atoms with E-state index in [0.717, 1.165) is 0 Å². The van der Waals surface area contributed by atoms with Crippen molar-refractivity contribution in [2.45, 2.75) is 18.6 Å². The molecular weight excluding hydrogens is 323 g/mol. The summed E-state index contributed by atoms with van der Waals surface area (Å²) in [5.41, 5.74) is -0.0945. The van der Waals surface area contributed by atoms with Crippen molar-refractivity contribution in [1.82, 2.24) is 4.98 Å². The van der Waals surface area contributed by atoms with Crippen LogP contribution >= 0.6 is 0 Å². The number of hydrogen-bond donors (Lipinski definition) is 1. The number of pyridine rings is 1. The quantitative estimate of drug-likeness (QED) is 0.859. The van der Waals surface area contributed by atoms with E-state index >= 15 is 0 Å². The van der Waals surface area contributed by atoms with Crippen LogP contribution in [0.5, 0.6) is 5.75 Å². The second-order valence-corrected chi connectivity index (χ2v) is 5.19. The predicted molar refractivity (Wildman–Crippen MR) is 73.3 cm³/mol. The highest BCUT2D eigenvalue weighted by Gasteiger charge is 2.41. The number of aromatic nitrogens is 1. The number of alkyl halides is 5. The van der Waals surface area contributed by atoms with Crippen molar-refractivity contribution >= 4 is 16.6 Å². The maximum atomic E-state index is 13.1. The van der Waals surface area contributed by atoms with Crippen LogP contribution in [-0.2, 0) is 0 Å². The summed E-state index contributed by atoms with van der Waals surface area (Å²) in [4.78, 5) is 14.4. The summed E-state index contributed by atoms with van der Waals surface area (Å²) in [5, 5.41) is 0.425. The maximum Gasteiger partial charge on any atom is 0.405 e. The molecule has 0 fully saturated rings. The highest BCUT2D eigenvalue weighted by molar-refractivity contribution is 5.86. The lowest BCUT2D eigenvalue weighted by Gasteiger charge is -2.38. The molecule has 1 N–H and O–H groups in total. The zero-order valence-electron chi connectivity index (χ0n) is 11.5. The van der Waals surface area contributed by atoms with Crippen LogP contribution < -0.4 is 15.2 Å². The lowest BCUT2D eigenvalue weighted by Crippen LogP contribution is -2.51. The number of nitrogens with zero attached hydrogens (tertiary/aromatic N) is 1. The van der Waals surface area contributed by atoms with E-state index in [2.05, 4.69) is 4.98 Å². The molecule has 1 aromatic carbocycles. The summed E-state index contributed by atoms with van der Waals surface area (Å²) >= 11 is 0. The molecule has 0 saturated carbocycles. The molecule has 2 heterocycles. The van der Waals surface area contributed by atoms with Crippen LogP contribution in [-0.4, -0.2) is 36.8 Å². The molecule has 124 valence electrons. The van der Waals surface area contributed by atoms with Crippen LogP contribution in [0.25, 0.3) is 10.9 Å². The zero-order valence-corrected chi connectivity index (χ0v) is 11.5. The number of H-pyrrole nitrogens is 1. The van der Waals surface area contributed by atoms with Gasteiger partial charge in [0.05, 0.1) is 11.2 Å². The topological polar surface area (TPSA) is 45.3 Å². The Morgan fingerprint density at radius 3 is 2.70 bits per heavy atom. The van der Waals surface area contributed by atoms with E-state index in [-0.39, 0.29) is 17.0 Å². The molecule has 1 unspecified atom stereocenters. The van der Waals surface area contributed by atoms with Crippen LogP contribution in [0.3, 0.4) is 0 Å². The number of anilines is 1. The minimum Gasteiger partial charge on any atom is -0.489 e. The largest absolute Gasteiger partial charge is 0.489 e. The molecule has 0 radical (unpaired) electrons. The standard InChI is InChI=1S/C14H11F5N2O2/c15-13(16)10-5-23-11-4-8-7(1-2-12(22)20-8)3-9(11)21(10)6-14(17,18)19/h1-4,10,13H,5-6H2,(H,20,22). The number of ether oxygens (including phenoxy) is 1. The lowest BCUT2D eigenvalue weighted by molar-refractivity contribution is -0.123. The number of rotatable bonds is 2. The Morgan fingerprint density at radius 1 is 1.30 bits per heavy atom. The van der Waals surface area contributed by atoms with E-state index in [0.29, 0.717) is 15.8 Å². The van der Waals surface area contributed by atoms with Crippen molar-refractivity contribution in [3.63, 3.8) is 0 Å². The van der Waals surface area contributed by atoms with Gasteiger partial charge in [0.15, 0.2) is 0 Å². The molecule has 3 rings (SSSR count). The summed E-state index contributed by atoms with van der Waals surface area (Å²) in [6, 6.07) is 3.57. The average molecular weight is 334 g/mol. The Bertz CT molecular complexity index is 787. The molecule has 0 bridgehead atoms. The van der Waals surface area contributed by atoms with E-state index < -0.39 is 31.8 Å². The van der Waals surface area contributed by atoms with Gasteiger partial charge in [-0.25, -0.2) is 8.78 Å². The van der Waals surface area contributed by atoms with Gasteiger partial charge in [-0.2, -0.15) is 13.2 Å². The van der Waals surface area contributed by atoms with E-state index in [9.17, 15) is 26.7 Å². The van der Waals surface area contributed by atoms with Gasteiger partial charge in [-0.3, -0.25) is 4.79 Å². The highest BCUT2D eigenvalue weighted by atomic mass is 19.4. The van der Waals surface area contributed by atoms with Crippen molar-refractivity contribution in [3.05, 3.63) is 34.6 Å². The van der Waals surface area contributed by atoms with E-state index in [1.54, 1.807) is 0 Å². The Morgan fingerprint density at radius 2 is 2.04 bits per heavy atom. The van der Waals surface area contributed by atoms with Crippen molar-refractivity contribution in [2.24, 2.45) is 0 Å². The average Bonchev–Trinajstić information content (AvgIpc) is 2.43. The zero-order chi connectivity index (χ0) is 16.8. The summed E-state index contributed by atoms with van der Waals surface area (Å²) in [5.74, 6) is 0.0282. The molecule has 2 aromatic rings. The second-order valence-electron chi connectivity index (χ2n) is 5.19. The maximum absolute atomic E-state index is 13.1. The summed E-state index contributed by atoms with van der Waals surface area (Å²) in [7, 11) is 0. The molecule has 23 heavy (non-hydrogen) atoms. The molecule has 0 spiro atoms. The van der Waals surface area contributed by atoms with Crippen LogP contribution in [0, 0.1) is 0 Å². The summed E-state index contributed by atoms with van der Waals surface area (Å²) in [6.45, 7) is -2.07. The van der Waals surface area contributed by atoms with Gasteiger partial charge >= 0.3 is 6.18 Å². The predicted octanol–water partition coefficient (Wildman–Crippen LogP) is 2.92. The van der Waals surface area contributed by atoms with Gasteiger partial charge in [-0.15, -0.1) is 0 Å². The monoisotopic (exact) mass is 334 g/mol. The molecule has 4 nitrogen and oxygen atoms in total. The van der Waals surface area contributed by atoms with Crippen molar-refractivity contribution in [1.29, 1.82) is 0 Å². The third kappa shape index (κ3) is 3.08. The minimum absolute atomic E-state index is 0.0282. The molecule has 1 aliphatic rings. The Balaban J connectivity index is 2.13. The van der Waals surface area contributed by atoms with Gasteiger partial charge in [0.1, 0.15) is 24.9 Å². The molecule has 0 saturated heterocycles. The normalized spacial score (nSPS) is 18.2. The molecular formula is C14H11F5N2O2. The minimum atomic E-state index is -4.64. The van der Waals surface area contributed by atoms with Crippen molar-refractivity contribution in [2.75, 3.05) is 18.1 Å². The SMILES string of the molecule is O=c1ccc2cc3c(cc2[nH]1)OCC(C(F)F)N3CC(F)(F)F. The third-order valence-corrected chi connectivity index (χ3v) is 3.56. The number of fused-ring (bicyclic) bond motifs is 2. The first kappa shape index (κ1) is 15.6. The molecule has 1 atom stereocenters. The molecule has 1 aliphatic heterocycles.